The summed E-state index contributed by atoms with van der Waals surface area (Å²) in [4.78, 5) is 10.6. The van der Waals surface area contributed by atoms with Gasteiger partial charge in [-0.05, 0) is 25.0 Å². The third kappa shape index (κ3) is 1.41. The van der Waals surface area contributed by atoms with Crippen LogP contribution in [0.2, 0.25) is 0 Å². The highest BCUT2D eigenvalue weighted by Crippen LogP contribution is 2.36. The fourth-order valence-electron chi connectivity index (χ4n) is 1.79. The molecule has 1 aliphatic heterocycles. The van der Waals surface area contributed by atoms with E-state index >= 15 is 0 Å². The first-order chi connectivity index (χ1) is 6.67. The lowest BCUT2D eigenvalue weighted by molar-refractivity contribution is 0.109. The van der Waals surface area contributed by atoms with E-state index in [1.165, 1.54) is 5.56 Å². The van der Waals surface area contributed by atoms with Crippen LogP contribution in [0.1, 0.15) is 36.2 Å². The maximum Gasteiger partial charge on any atom is 0.150 e. The number of carbonyl (C=O) groups excluding carboxylic acids is 1. The number of ether oxygens (including phenoxy) is 1. The molecule has 1 heterocycles. The molecule has 0 N–H and O–H groups in total. The summed E-state index contributed by atoms with van der Waals surface area (Å²) in [6, 6.07) is 5.65. The Hall–Kier alpha value is -1.31. The van der Waals surface area contributed by atoms with Gasteiger partial charge in [0.15, 0.2) is 0 Å². The minimum atomic E-state index is -0.0795. The molecular formula is C12H14O2. The van der Waals surface area contributed by atoms with Crippen LogP contribution < -0.4 is 4.74 Å². The maximum absolute atomic E-state index is 10.6. The van der Waals surface area contributed by atoms with Crippen molar-refractivity contribution in [3.63, 3.8) is 0 Å². The summed E-state index contributed by atoms with van der Waals surface area (Å²) >= 11 is 0. The Morgan fingerprint density at radius 2 is 2.36 bits per heavy atom. The Labute approximate surface area is 83.9 Å². The molecule has 1 aromatic rings. The van der Waals surface area contributed by atoms with Crippen LogP contribution in [-0.4, -0.2) is 11.9 Å². The van der Waals surface area contributed by atoms with Crippen LogP contribution in [0.4, 0.5) is 0 Å². The van der Waals surface area contributed by atoms with E-state index < -0.39 is 0 Å². The molecule has 2 heteroatoms. The van der Waals surface area contributed by atoms with Gasteiger partial charge in [-0.15, -0.1) is 0 Å². The second kappa shape index (κ2) is 3.12. The Kier molecular flexibility index (Phi) is 2.06. The van der Waals surface area contributed by atoms with Crippen molar-refractivity contribution in [1.29, 1.82) is 0 Å². The van der Waals surface area contributed by atoms with Gasteiger partial charge in [-0.2, -0.15) is 0 Å². The second-order valence-corrected chi connectivity index (χ2v) is 4.07. The Morgan fingerprint density at radius 1 is 1.57 bits per heavy atom. The molecule has 1 aliphatic rings. The number of rotatable bonds is 2. The highest BCUT2D eigenvalue weighted by atomic mass is 16.5. The number of benzene rings is 1. The van der Waals surface area contributed by atoms with Crippen LogP contribution in [0.25, 0.3) is 0 Å². The third-order valence-corrected chi connectivity index (χ3v) is 2.90. The molecule has 2 rings (SSSR count). The summed E-state index contributed by atoms with van der Waals surface area (Å²) in [6.45, 7) is 4.22. The van der Waals surface area contributed by atoms with Crippen molar-refractivity contribution in [3.8, 4) is 5.75 Å². The molecule has 0 saturated carbocycles. The van der Waals surface area contributed by atoms with E-state index in [9.17, 15) is 4.79 Å². The summed E-state index contributed by atoms with van der Waals surface area (Å²) < 4.78 is 5.83. The number of carbonyl (C=O) groups is 1. The lowest BCUT2D eigenvalue weighted by Crippen LogP contribution is -2.28. The summed E-state index contributed by atoms with van der Waals surface area (Å²) in [7, 11) is 0. The van der Waals surface area contributed by atoms with Crippen LogP contribution in [0.3, 0.4) is 0 Å². The molecule has 1 unspecified atom stereocenters. The highest BCUT2D eigenvalue weighted by molar-refractivity contribution is 5.76. The third-order valence-electron chi connectivity index (χ3n) is 2.90. The van der Waals surface area contributed by atoms with Gasteiger partial charge in [0.05, 0.1) is 0 Å². The fourth-order valence-corrected chi connectivity index (χ4v) is 1.79. The predicted octanol–water partition coefficient (Wildman–Crippen LogP) is 2.60. The van der Waals surface area contributed by atoms with Crippen molar-refractivity contribution in [3.05, 3.63) is 29.3 Å². The van der Waals surface area contributed by atoms with Crippen molar-refractivity contribution in [2.45, 2.75) is 32.3 Å². The van der Waals surface area contributed by atoms with Gasteiger partial charge in [-0.3, -0.25) is 4.79 Å². The molecule has 1 aromatic carbocycles. The Balaban J connectivity index is 2.35. The molecule has 14 heavy (non-hydrogen) atoms. The lowest BCUT2D eigenvalue weighted by atomic mass is 9.96. The van der Waals surface area contributed by atoms with Gasteiger partial charge in [-0.25, -0.2) is 0 Å². The first kappa shape index (κ1) is 9.25. The van der Waals surface area contributed by atoms with E-state index in [1.807, 2.05) is 18.2 Å². The molecule has 0 spiro atoms. The molecule has 2 nitrogen and oxygen atoms in total. The fraction of sp³-hybridized carbons (Fsp3) is 0.417. The van der Waals surface area contributed by atoms with Crippen LogP contribution in [0, 0.1) is 0 Å². The van der Waals surface area contributed by atoms with E-state index in [0.717, 1.165) is 24.9 Å². The largest absolute Gasteiger partial charge is 0.487 e. The Morgan fingerprint density at radius 3 is 3.00 bits per heavy atom. The van der Waals surface area contributed by atoms with Crippen LogP contribution >= 0.6 is 0 Å². The topological polar surface area (TPSA) is 26.3 Å². The summed E-state index contributed by atoms with van der Waals surface area (Å²) in [5.41, 5.74) is 1.81. The molecule has 1 atom stereocenters. The van der Waals surface area contributed by atoms with Gasteiger partial charge in [0.2, 0.25) is 0 Å². The van der Waals surface area contributed by atoms with Crippen molar-refractivity contribution in [2.75, 3.05) is 0 Å². The monoisotopic (exact) mass is 190 g/mol. The lowest BCUT2D eigenvalue weighted by Gasteiger charge is -2.21. The Bertz CT molecular complexity index is 371. The number of hydrogen-bond acceptors (Lipinski definition) is 2. The summed E-state index contributed by atoms with van der Waals surface area (Å²) in [5.74, 6) is 0.874. The standard InChI is InChI=1S/C12H14O2/c1-3-12(2)7-10-5-4-9(8-13)6-11(10)14-12/h4-6,8H,3,7H2,1-2H3. The molecule has 0 amide bonds. The van der Waals surface area contributed by atoms with Gasteiger partial charge < -0.3 is 4.74 Å². The molecular weight excluding hydrogens is 176 g/mol. The zero-order valence-electron chi connectivity index (χ0n) is 8.54. The summed E-state index contributed by atoms with van der Waals surface area (Å²) in [6.07, 6.45) is 2.78. The molecule has 0 radical (unpaired) electrons. The van der Waals surface area contributed by atoms with E-state index in [0.29, 0.717) is 5.56 Å². The first-order valence-electron chi connectivity index (χ1n) is 4.94. The van der Waals surface area contributed by atoms with Crippen molar-refractivity contribution in [2.24, 2.45) is 0 Å². The smallest absolute Gasteiger partial charge is 0.150 e. The van der Waals surface area contributed by atoms with Gasteiger partial charge in [0.1, 0.15) is 17.6 Å². The van der Waals surface area contributed by atoms with E-state index in [2.05, 4.69) is 13.8 Å². The molecule has 0 aromatic heterocycles. The SMILES string of the molecule is CCC1(C)Cc2ccc(C=O)cc2O1. The van der Waals surface area contributed by atoms with Gasteiger partial charge >= 0.3 is 0 Å². The van der Waals surface area contributed by atoms with Gasteiger partial charge in [0, 0.05) is 12.0 Å². The first-order valence-corrected chi connectivity index (χ1v) is 4.94. The van der Waals surface area contributed by atoms with E-state index in [4.69, 9.17) is 4.74 Å². The van der Waals surface area contributed by atoms with Crippen molar-refractivity contribution in [1.82, 2.24) is 0 Å². The quantitative estimate of drug-likeness (QED) is 0.670. The second-order valence-electron chi connectivity index (χ2n) is 4.07. The molecule has 0 fully saturated rings. The highest BCUT2D eigenvalue weighted by Gasteiger charge is 2.32. The maximum atomic E-state index is 10.6. The zero-order valence-corrected chi connectivity index (χ0v) is 8.54. The summed E-state index contributed by atoms with van der Waals surface area (Å²) in [5, 5.41) is 0. The molecule has 74 valence electrons. The number of aldehydes is 1. The normalized spacial score (nSPS) is 24.1. The van der Waals surface area contributed by atoms with Crippen molar-refractivity contribution >= 4 is 6.29 Å². The molecule has 0 aliphatic carbocycles. The average molecular weight is 190 g/mol. The van der Waals surface area contributed by atoms with E-state index in [1.54, 1.807) is 0 Å². The van der Waals surface area contributed by atoms with Gasteiger partial charge in [-0.1, -0.05) is 19.1 Å². The molecule has 0 bridgehead atoms. The number of fused-ring (bicyclic) bond motifs is 1. The minimum absolute atomic E-state index is 0.0795. The van der Waals surface area contributed by atoms with Crippen molar-refractivity contribution < 1.29 is 9.53 Å². The van der Waals surface area contributed by atoms with Crippen LogP contribution in [-0.2, 0) is 6.42 Å². The van der Waals surface area contributed by atoms with Gasteiger partial charge in [0.25, 0.3) is 0 Å². The van der Waals surface area contributed by atoms with Crippen LogP contribution in [0.15, 0.2) is 18.2 Å². The molecule has 0 saturated heterocycles. The zero-order chi connectivity index (χ0) is 10.2. The predicted molar refractivity (Wildman–Crippen MR) is 54.9 cm³/mol. The average Bonchev–Trinajstić information content (AvgIpc) is 2.54. The number of hydrogen-bond donors (Lipinski definition) is 0. The minimum Gasteiger partial charge on any atom is -0.487 e. The van der Waals surface area contributed by atoms with Crippen LogP contribution in [0.5, 0.6) is 5.75 Å². The van der Waals surface area contributed by atoms with E-state index in [-0.39, 0.29) is 5.60 Å².